The third kappa shape index (κ3) is 5.13. The van der Waals surface area contributed by atoms with Gasteiger partial charge in [0, 0.05) is 5.69 Å². The van der Waals surface area contributed by atoms with Gasteiger partial charge in [0.05, 0.1) is 23.8 Å². The molecule has 0 bridgehead atoms. The summed E-state index contributed by atoms with van der Waals surface area (Å²) in [5.41, 5.74) is 1.13. The maximum Gasteiger partial charge on any atom is 0.241 e. The van der Waals surface area contributed by atoms with Crippen LogP contribution in [0.5, 0.6) is 0 Å². The molecule has 1 atom stereocenters. The highest BCUT2D eigenvalue weighted by Gasteiger charge is 2.21. The van der Waals surface area contributed by atoms with Crippen LogP contribution in [0.4, 0.5) is 15.8 Å². The maximum atomic E-state index is 13.1. The van der Waals surface area contributed by atoms with Crippen LogP contribution in [-0.2, 0) is 9.59 Å². The average Bonchev–Trinajstić information content (AvgIpc) is 2.61. The van der Waals surface area contributed by atoms with Gasteiger partial charge in [0.1, 0.15) is 11.9 Å². The van der Waals surface area contributed by atoms with Crippen molar-refractivity contribution in [2.24, 2.45) is 0 Å². The minimum absolute atomic E-state index is 0.0506. The normalized spacial score (nSPS) is 11.5. The van der Waals surface area contributed by atoms with Crippen molar-refractivity contribution in [3.8, 4) is 6.07 Å². The molecule has 134 valence electrons. The number of anilines is 2. The summed E-state index contributed by atoms with van der Waals surface area (Å²) in [7, 11) is 1.63. The van der Waals surface area contributed by atoms with Crippen LogP contribution in [0.15, 0.2) is 48.5 Å². The van der Waals surface area contributed by atoms with Gasteiger partial charge in [-0.1, -0.05) is 18.2 Å². The molecule has 6 nitrogen and oxygen atoms in total. The number of carbonyl (C=O) groups is 2. The van der Waals surface area contributed by atoms with E-state index in [0.29, 0.717) is 16.9 Å². The zero-order chi connectivity index (χ0) is 19.1. The lowest BCUT2D eigenvalue weighted by Gasteiger charge is -2.23. The molecule has 0 aliphatic carbocycles. The number of hydrogen-bond donors (Lipinski definition) is 2. The number of amides is 2. The number of nitrogens with zero attached hydrogens (tertiary/aromatic N) is 2. The number of hydrogen-bond acceptors (Lipinski definition) is 4. The zero-order valence-electron chi connectivity index (χ0n) is 14.5. The number of likely N-dealkylation sites (N-methyl/N-ethyl adjacent to an activating group) is 1. The molecule has 0 aromatic heterocycles. The Balaban J connectivity index is 1.93. The molecule has 2 rings (SSSR count). The standard InChI is InChI=1S/C19H19FN4O2/c1-13(19(26)23-17-9-4-3-6-14(17)11-21)24(2)12-18(25)22-16-8-5-7-15(20)10-16/h3-10,13H,12H2,1-2H3,(H,22,25)(H,23,26)/t13-/m1/s1. The summed E-state index contributed by atoms with van der Waals surface area (Å²) in [6, 6.07) is 13.7. The predicted octanol–water partition coefficient (Wildman–Crippen LogP) is 2.59. The summed E-state index contributed by atoms with van der Waals surface area (Å²) in [5.74, 6) is -1.15. The zero-order valence-corrected chi connectivity index (χ0v) is 14.5. The summed E-state index contributed by atoms with van der Waals surface area (Å²) in [6.07, 6.45) is 0. The van der Waals surface area contributed by atoms with Gasteiger partial charge >= 0.3 is 0 Å². The van der Waals surface area contributed by atoms with Crippen molar-refractivity contribution in [2.75, 3.05) is 24.2 Å². The van der Waals surface area contributed by atoms with E-state index in [-0.39, 0.29) is 18.4 Å². The highest BCUT2D eigenvalue weighted by atomic mass is 19.1. The second-order valence-electron chi connectivity index (χ2n) is 5.80. The summed E-state index contributed by atoms with van der Waals surface area (Å²) < 4.78 is 13.1. The van der Waals surface area contributed by atoms with Crippen LogP contribution in [-0.4, -0.2) is 36.3 Å². The van der Waals surface area contributed by atoms with E-state index in [4.69, 9.17) is 5.26 Å². The third-order valence-corrected chi connectivity index (χ3v) is 3.85. The first-order valence-electron chi connectivity index (χ1n) is 7.96. The van der Waals surface area contributed by atoms with Gasteiger partial charge in [-0.15, -0.1) is 0 Å². The fourth-order valence-corrected chi connectivity index (χ4v) is 2.26. The van der Waals surface area contributed by atoms with Crippen LogP contribution in [0, 0.1) is 17.1 Å². The van der Waals surface area contributed by atoms with Crippen molar-refractivity contribution >= 4 is 23.2 Å². The first-order valence-corrected chi connectivity index (χ1v) is 7.96. The fraction of sp³-hybridized carbons (Fsp3) is 0.211. The fourth-order valence-electron chi connectivity index (χ4n) is 2.26. The molecule has 2 aromatic carbocycles. The highest BCUT2D eigenvalue weighted by Crippen LogP contribution is 2.14. The monoisotopic (exact) mass is 354 g/mol. The Morgan fingerprint density at radius 2 is 1.92 bits per heavy atom. The summed E-state index contributed by atoms with van der Waals surface area (Å²) in [5, 5.41) is 14.3. The predicted molar refractivity (Wildman–Crippen MR) is 96.9 cm³/mol. The summed E-state index contributed by atoms with van der Waals surface area (Å²) >= 11 is 0. The minimum Gasteiger partial charge on any atom is -0.325 e. The molecule has 0 aliphatic rings. The van der Waals surface area contributed by atoms with Crippen LogP contribution >= 0.6 is 0 Å². The molecule has 0 aliphatic heterocycles. The molecular formula is C19H19FN4O2. The molecule has 26 heavy (non-hydrogen) atoms. The number of carbonyl (C=O) groups excluding carboxylic acids is 2. The van der Waals surface area contributed by atoms with E-state index < -0.39 is 11.9 Å². The van der Waals surface area contributed by atoms with E-state index in [1.807, 2.05) is 6.07 Å². The van der Waals surface area contributed by atoms with Gasteiger partial charge < -0.3 is 10.6 Å². The van der Waals surface area contributed by atoms with Crippen LogP contribution in [0.1, 0.15) is 12.5 Å². The molecule has 2 N–H and O–H groups in total. The number of rotatable bonds is 6. The van der Waals surface area contributed by atoms with E-state index in [0.717, 1.165) is 0 Å². The van der Waals surface area contributed by atoms with Crippen LogP contribution in [0.25, 0.3) is 0 Å². The van der Waals surface area contributed by atoms with E-state index in [1.54, 1.807) is 49.2 Å². The topological polar surface area (TPSA) is 85.2 Å². The van der Waals surface area contributed by atoms with Crippen molar-refractivity contribution in [1.29, 1.82) is 5.26 Å². The number of nitrogens with one attached hydrogen (secondary N) is 2. The van der Waals surface area contributed by atoms with E-state index in [9.17, 15) is 14.0 Å². The van der Waals surface area contributed by atoms with E-state index in [1.165, 1.54) is 18.2 Å². The molecule has 0 saturated heterocycles. The number of nitriles is 1. The number of halogens is 1. The molecule has 0 radical (unpaired) electrons. The molecule has 7 heteroatoms. The van der Waals surface area contributed by atoms with Crippen molar-refractivity contribution < 1.29 is 14.0 Å². The SMILES string of the molecule is C[C@H](C(=O)Nc1ccccc1C#N)N(C)CC(=O)Nc1cccc(F)c1. The van der Waals surface area contributed by atoms with E-state index >= 15 is 0 Å². The summed E-state index contributed by atoms with van der Waals surface area (Å²) in [6.45, 7) is 1.60. The van der Waals surface area contributed by atoms with Crippen LogP contribution in [0.3, 0.4) is 0 Å². The smallest absolute Gasteiger partial charge is 0.241 e. The molecule has 0 unspecified atom stereocenters. The van der Waals surface area contributed by atoms with Gasteiger partial charge in [-0.05, 0) is 44.3 Å². The van der Waals surface area contributed by atoms with Crippen molar-refractivity contribution in [3.05, 3.63) is 59.9 Å². The first kappa shape index (κ1) is 19.1. The summed E-state index contributed by atoms with van der Waals surface area (Å²) in [4.78, 5) is 26.0. The van der Waals surface area contributed by atoms with Gasteiger partial charge in [0.2, 0.25) is 11.8 Å². The molecule has 0 saturated carbocycles. The second kappa shape index (κ2) is 8.74. The number of para-hydroxylation sites is 1. The van der Waals surface area contributed by atoms with Gasteiger partial charge in [-0.3, -0.25) is 14.5 Å². The van der Waals surface area contributed by atoms with E-state index in [2.05, 4.69) is 10.6 Å². The van der Waals surface area contributed by atoms with Crippen LogP contribution in [0.2, 0.25) is 0 Å². The molecule has 0 spiro atoms. The maximum absolute atomic E-state index is 13.1. The molecule has 2 aromatic rings. The molecular weight excluding hydrogens is 335 g/mol. The van der Waals surface area contributed by atoms with Gasteiger partial charge in [-0.25, -0.2) is 4.39 Å². The van der Waals surface area contributed by atoms with Gasteiger partial charge in [-0.2, -0.15) is 5.26 Å². The highest BCUT2D eigenvalue weighted by molar-refractivity contribution is 5.97. The molecule has 0 heterocycles. The molecule has 2 amide bonds. The number of benzene rings is 2. The first-order chi connectivity index (χ1) is 12.4. The lowest BCUT2D eigenvalue weighted by atomic mass is 10.2. The lowest BCUT2D eigenvalue weighted by molar-refractivity contribution is -0.122. The van der Waals surface area contributed by atoms with Crippen molar-refractivity contribution in [1.82, 2.24) is 4.90 Å². The Kier molecular flexibility index (Phi) is 6.42. The average molecular weight is 354 g/mol. The Morgan fingerprint density at radius 3 is 2.62 bits per heavy atom. The van der Waals surface area contributed by atoms with Crippen LogP contribution < -0.4 is 10.6 Å². The van der Waals surface area contributed by atoms with Gasteiger partial charge in [0.15, 0.2) is 0 Å². The Hall–Kier alpha value is -3.24. The van der Waals surface area contributed by atoms with Gasteiger partial charge in [0.25, 0.3) is 0 Å². The Labute approximate surface area is 151 Å². The minimum atomic E-state index is -0.611. The van der Waals surface area contributed by atoms with Crippen molar-refractivity contribution in [2.45, 2.75) is 13.0 Å². The molecule has 0 fully saturated rings. The largest absolute Gasteiger partial charge is 0.325 e. The lowest BCUT2D eigenvalue weighted by Crippen LogP contribution is -2.43. The Bertz CT molecular complexity index is 847. The third-order valence-electron chi connectivity index (χ3n) is 3.85. The van der Waals surface area contributed by atoms with Crippen molar-refractivity contribution in [3.63, 3.8) is 0 Å². The Morgan fingerprint density at radius 1 is 1.19 bits per heavy atom. The second-order valence-corrected chi connectivity index (χ2v) is 5.80. The quantitative estimate of drug-likeness (QED) is 0.835.